The van der Waals surface area contributed by atoms with E-state index in [1.54, 1.807) is 0 Å². The smallest absolute Gasteiger partial charge is 0.154 e. The molecule has 2 aromatic heterocycles. The molecule has 3 heteroatoms. The lowest BCUT2D eigenvalue weighted by Crippen LogP contribution is -2.34. The number of anilines is 2. The van der Waals surface area contributed by atoms with E-state index in [-0.39, 0.29) is 6.04 Å². The zero-order valence-corrected chi connectivity index (χ0v) is 30.0. The van der Waals surface area contributed by atoms with Crippen LogP contribution in [0.2, 0.25) is 0 Å². The zero-order chi connectivity index (χ0) is 36.1. The second-order valence-electron chi connectivity index (χ2n) is 15.0. The molecule has 9 aromatic rings. The van der Waals surface area contributed by atoms with Crippen molar-refractivity contribution in [2.75, 3.05) is 4.90 Å². The third-order valence-corrected chi connectivity index (χ3v) is 12.3. The average Bonchev–Trinajstić information content (AvgIpc) is 3.89. The molecule has 1 spiro atoms. The van der Waals surface area contributed by atoms with Gasteiger partial charge in [-0.25, -0.2) is 0 Å². The minimum atomic E-state index is -0.418. The molecule has 0 amide bonds. The summed E-state index contributed by atoms with van der Waals surface area (Å²) in [6.45, 7) is 0. The normalized spacial score (nSPS) is 15.5. The Morgan fingerprint density at radius 1 is 0.545 bits per heavy atom. The van der Waals surface area contributed by atoms with Crippen LogP contribution in [-0.4, -0.2) is 11.0 Å². The van der Waals surface area contributed by atoms with E-state index in [1.165, 1.54) is 66.9 Å². The molecule has 7 aromatic carbocycles. The lowest BCUT2D eigenvalue weighted by molar-refractivity contribution is 0.665. The van der Waals surface area contributed by atoms with Gasteiger partial charge in [0.05, 0.1) is 23.3 Å². The van der Waals surface area contributed by atoms with Crippen LogP contribution in [-0.2, 0) is 11.8 Å². The SMILES string of the molecule is C1=CC(N(c2ccc(-c3ccccc3)cc2)c2cccc3c2-c2ccccc2C32c3ccccc3-c3ccccc32)Cc2c1ncc1oc3ccccc3c21. The highest BCUT2D eigenvalue weighted by Crippen LogP contribution is 2.64. The van der Waals surface area contributed by atoms with Crippen LogP contribution in [0, 0.1) is 0 Å². The minimum absolute atomic E-state index is 0.00880. The standard InChI is InChI=1S/C52H34N2O/c1-2-13-33(14-3-1)34-25-27-35(28-26-34)54(36-29-30-46-41(31-36)50-40-18-7-11-24-48(40)55-49(50)32-53-46)47-23-12-22-45-51(47)39-17-6-10-21-44(39)52(45)42-19-8-4-15-37(42)38-16-5-9-20-43(38)52/h1-30,32,36H,31H2. The number of pyridine rings is 1. The summed E-state index contributed by atoms with van der Waals surface area (Å²) in [6.07, 6.45) is 7.24. The summed E-state index contributed by atoms with van der Waals surface area (Å²) in [6, 6.07) is 62.3. The van der Waals surface area contributed by atoms with Crippen molar-refractivity contribution in [1.82, 2.24) is 4.98 Å². The Bertz CT molecular complexity index is 2980. The van der Waals surface area contributed by atoms with Crippen molar-refractivity contribution in [3.63, 3.8) is 0 Å². The minimum Gasteiger partial charge on any atom is -0.454 e. The number of aromatic nitrogens is 1. The fraction of sp³-hybridized carbons (Fsp3) is 0.0577. The van der Waals surface area contributed by atoms with E-state index in [4.69, 9.17) is 9.40 Å². The van der Waals surface area contributed by atoms with Gasteiger partial charge in [-0.3, -0.25) is 4.98 Å². The van der Waals surface area contributed by atoms with Crippen LogP contribution in [0.1, 0.15) is 33.5 Å². The summed E-state index contributed by atoms with van der Waals surface area (Å²) in [4.78, 5) is 7.49. The molecule has 55 heavy (non-hydrogen) atoms. The summed E-state index contributed by atoms with van der Waals surface area (Å²) >= 11 is 0. The number of hydrogen-bond acceptors (Lipinski definition) is 3. The first-order valence-electron chi connectivity index (χ1n) is 19.1. The molecular formula is C52H34N2O. The maximum Gasteiger partial charge on any atom is 0.154 e. The van der Waals surface area contributed by atoms with Crippen molar-refractivity contribution >= 4 is 39.4 Å². The molecule has 0 radical (unpaired) electrons. The molecule has 3 aliphatic carbocycles. The Hall–Kier alpha value is -6.97. The molecule has 12 rings (SSSR count). The van der Waals surface area contributed by atoms with E-state index in [1.807, 2.05) is 12.3 Å². The molecule has 0 saturated carbocycles. The molecule has 0 bridgehead atoms. The van der Waals surface area contributed by atoms with Crippen LogP contribution < -0.4 is 4.90 Å². The maximum absolute atomic E-state index is 6.35. The molecule has 2 heterocycles. The molecular weight excluding hydrogens is 669 g/mol. The highest BCUT2D eigenvalue weighted by molar-refractivity contribution is 6.07. The van der Waals surface area contributed by atoms with Crippen LogP contribution in [0.3, 0.4) is 0 Å². The second kappa shape index (κ2) is 11.5. The molecule has 0 fully saturated rings. The van der Waals surface area contributed by atoms with E-state index in [0.717, 1.165) is 39.7 Å². The van der Waals surface area contributed by atoms with Crippen LogP contribution >= 0.6 is 0 Å². The summed E-state index contributed by atoms with van der Waals surface area (Å²) in [5, 5.41) is 2.30. The Kier molecular flexibility index (Phi) is 6.38. The number of rotatable bonds is 4. The van der Waals surface area contributed by atoms with Crippen LogP contribution in [0.25, 0.3) is 61.4 Å². The van der Waals surface area contributed by atoms with Crippen LogP contribution in [0.4, 0.5) is 11.4 Å². The quantitative estimate of drug-likeness (QED) is 0.183. The number of furan rings is 1. The number of benzene rings is 7. The third kappa shape index (κ3) is 4.18. The summed E-state index contributed by atoms with van der Waals surface area (Å²) < 4.78 is 6.35. The van der Waals surface area contributed by atoms with Gasteiger partial charge < -0.3 is 9.32 Å². The van der Waals surface area contributed by atoms with Crippen molar-refractivity contribution < 1.29 is 4.42 Å². The van der Waals surface area contributed by atoms with E-state index in [2.05, 4.69) is 181 Å². The Morgan fingerprint density at radius 2 is 1.16 bits per heavy atom. The Morgan fingerprint density at radius 3 is 1.93 bits per heavy atom. The monoisotopic (exact) mass is 702 g/mol. The summed E-state index contributed by atoms with van der Waals surface area (Å²) in [5.74, 6) is 0. The first kappa shape index (κ1) is 30.5. The number of fused-ring (bicyclic) bond motifs is 15. The lowest BCUT2D eigenvalue weighted by Gasteiger charge is -2.36. The number of para-hydroxylation sites is 1. The first-order chi connectivity index (χ1) is 27.3. The van der Waals surface area contributed by atoms with Gasteiger partial charge in [-0.1, -0.05) is 152 Å². The van der Waals surface area contributed by atoms with Gasteiger partial charge in [0.15, 0.2) is 5.58 Å². The van der Waals surface area contributed by atoms with Gasteiger partial charge in [0.25, 0.3) is 0 Å². The molecule has 0 aliphatic heterocycles. The third-order valence-electron chi connectivity index (χ3n) is 12.3. The largest absolute Gasteiger partial charge is 0.454 e. The lowest BCUT2D eigenvalue weighted by atomic mass is 9.70. The van der Waals surface area contributed by atoms with E-state index < -0.39 is 5.41 Å². The molecule has 1 unspecified atom stereocenters. The molecule has 3 nitrogen and oxygen atoms in total. The zero-order valence-electron chi connectivity index (χ0n) is 30.0. The molecule has 0 N–H and O–H groups in total. The number of nitrogens with zero attached hydrogens (tertiary/aromatic N) is 2. The van der Waals surface area contributed by atoms with Crippen molar-refractivity contribution in [2.24, 2.45) is 0 Å². The first-order valence-corrected chi connectivity index (χ1v) is 19.1. The molecule has 0 saturated heterocycles. The van der Waals surface area contributed by atoms with Gasteiger partial charge in [0.2, 0.25) is 0 Å². The van der Waals surface area contributed by atoms with Crippen molar-refractivity contribution in [3.05, 3.63) is 216 Å². The van der Waals surface area contributed by atoms with Gasteiger partial charge in [-0.05, 0) is 92.4 Å². The fourth-order valence-corrected chi connectivity index (χ4v) is 10.1. The Balaban J connectivity index is 1.10. The Labute approximate surface area is 319 Å². The van der Waals surface area contributed by atoms with E-state index in [0.29, 0.717) is 0 Å². The van der Waals surface area contributed by atoms with Crippen molar-refractivity contribution in [2.45, 2.75) is 17.9 Å². The van der Waals surface area contributed by atoms with Crippen LogP contribution in [0.15, 0.2) is 187 Å². The second-order valence-corrected chi connectivity index (χ2v) is 15.0. The van der Waals surface area contributed by atoms with E-state index >= 15 is 0 Å². The molecule has 1 atom stereocenters. The predicted octanol–water partition coefficient (Wildman–Crippen LogP) is 12.8. The van der Waals surface area contributed by atoms with Gasteiger partial charge in [-0.2, -0.15) is 0 Å². The van der Waals surface area contributed by atoms with E-state index in [9.17, 15) is 0 Å². The average molecular weight is 703 g/mol. The summed E-state index contributed by atoms with van der Waals surface area (Å²) in [5.41, 5.74) is 18.9. The van der Waals surface area contributed by atoms with Crippen molar-refractivity contribution in [1.29, 1.82) is 0 Å². The van der Waals surface area contributed by atoms with Crippen LogP contribution in [0.5, 0.6) is 0 Å². The molecule has 258 valence electrons. The predicted molar refractivity (Wildman–Crippen MR) is 225 cm³/mol. The maximum atomic E-state index is 6.35. The topological polar surface area (TPSA) is 29.3 Å². The van der Waals surface area contributed by atoms with Gasteiger partial charge in [0.1, 0.15) is 5.58 Å². The highest BCUT2D eigenvalue weighted by atomic mass is 16.3. The van der Waals surface area contributed by atoms with Gasteiger partial charge in [0, 0.05) is 27.7 Å². The highest BCUT2D eigenvalue weighted by Gasteiger charge is 2.52. The fourth-order valence-electron chi connectivity index (χ4n) is 10.1. The van der Waals surface area contributed by atoms with Crippen molar-refractivity contribution in [3.8, 4) is 33.4 Å². The van der Waals surface area contributed by atoms with Gasteiger partial charge >= 0.3 is 0 Å². The molecule has 3 aliphatic rings. The number of hydrogen-bond donors (Lipinski definition) is 0. The summed E-state index contributed by atoms with van der Waals surface area (Å²) in [7, 11) is 0. The van der Waals surface area contributed by atoms with Gasteiger partial charge in [-0.15, -0.1) is 0 Å².